The van der Waals surface area contributed by atoms with Gasteiger partial charge < -0.3 is 4.42 Å². The Hall–Kier alpha value is -3.17. The van der Waals surface area contributed by atoms with Gasteiger partial charge in [-0.1, -0.05) is 45.0 Å². The van der Waals surface area contributed by atoms with E-state index in [0.29, 0.717) is 0 Å². The van der Waals surface area contributed by atoms with E-state index in [4.69, 9.17) is 9.40 Å². The van der Waals surface area contributed by atoms with Gasteiger partial charge in [0.25, 0.3) is 0 Å². The molecule has 0 unspecified atom stereocenters. The molecule has 0 fully saturated rings. The van der Waals surface area contributed by atoms with Crippen molar-refractivity contribution in [3.63, 3.8) is 0 Å². The van der Waals surface area contributed by atoms with Crippen LogP contribution >= 0.6 is 11.3 Å². The molecule has 6 rings (SSSR count). The Balaban J connectivity index is 1.67. The molecule has 6 aromatic rings. The first-order valence-corrected chi connectivity index (χ1v) is 11.9. The molecule has 0 aliphatic rings. The zero-order chi connectivity index (χ0) is 22.2. The minimum absolute atomic E-state index is 0.0452. The highest BCUT2D eigenvalue weighted by molar-refractivity contribution is 7.26. The number of aromatic nitrogens is 1. The van der Waals surface area contributed by atoms with E-state index in [-0.39, 0.29) is 5.41 Å². The normalized spacial score (nSPS) is 12.5. The predicted octanol–water partition coefficient (Wildman–Crippen LogP) is 8.93. The highest BCUT2D eigenvalue weighted by Gasteiger charge is 2.20. The van der Waals surface area contributed by atoms with Crippen molar-refractivity contribution in [2.24, 2.45) is 0 Å². The lowest BCUT2D eigenvalue weighted by Crippen LogP contribution is -2.12. The molecule has 0 atom stereocenters. The highest BCUT2D eigenvalue weighted by Crippen LogP contribution is 2.43. The van der Waals surface area contributed by atoms with Gasteiger partial charge in [0, 0.05) is 32.6 Å². The maximum Gasteiger partial charge on any atom is 0.135 e. The van der Waals surface area contributed by atoms with E-state index in [1.165, 1.54) is 53.0 Å². The van der Waals surface area contributed by atoms with Gasteiger partial charge in [-0.15, -0.1) is 11.3 Å². The molecule has 0 saturated carbocycles. The largest absolute Gasteiger partial charge is 0.461 e. The average molecular weight is 436 g/mol. The SMILES string of the molecule is Cc1oc2cc3sc4c(-c5cc(C(C)(C)C)c6ccccc6c5)nccc4c3cc2c1C. The maximum atomic E-state index is 6.01. The second-order valence-corrected chi connectivity index (χ2v) is 10.8. The molecule has 0 aliphatic carbocycles. The quantitative estimate of drug-likeness (QED) is 0.258. The molecule has 0 aliphatic heterocycles. The molecule has 0 amide bonds. The van der Waals surface area contributed by atoms with Crippen LogP contribution in [0.2, 0.25) is 0 Å². The summed E-state index contributed by atoms with van der Waals surface area (Å²) in [6.07, 6.45) is 1.95. The molecule has 0 bridgehead atoms. The van der Waals surface area contributed by atoms with Crippen LogP contribution in [0.3, 0.4) is 0 Å². The highest BCUT2D eigenvalue weighted by atomic mass is 32.1. The third-order valence-electron chi connectivity index (χ3n) is 6.63. The first-order chi connectivity index (χ1) is 15.3. The average Bonchev–Trinajstić information content (AvgIpc) is 3.27. The number of fused-ring (bicyclic) bond motifs is 5. The Morgan fingerprint density at radius 3 is 2.47 bits per heavy atom. The van der Waals surface area contributed by atoms with Gasteiger partial charge in [-0.25, -0.2) is 0 Å². The molecule has 0 radical (unpaired) electrons. The van der Waals surface area contributed by atoms with Gasteiger partial charge >= 0.3 is 0 Å². The molecule has 3 heteroatoms. The van der Waals surface area contributed by atoms with Crippen LogP contribution < -0.4 is 0 Å². The van der Waals surface area contributed by atoms with Crippen molar-refractivity contribution in [3.05, 3.63) is 77.7 Å². The van der Waals surface area contributed by atoms with Crippen molar-refractivity contribution in [2.45, 2.75) is 40.0 Å². The fourth-order valence-corrected chi connectivity index (χ4v) is 6.03. The Morgan fingerprint density at radius 2 is 1.66 bits per heavy atom. The van der Waals surface area contributed by atoms with Crippen LogP contribution in [-0.4, -0.2) is 4.98 Å². The summed E-state index contributed by atoms with van der Waals surface area (Å²) in [5, 5.41) is 6.33. The molecule has 3 aromatic heterocycles. The third-order valence-corrected chi connectivity index (χ3v) is 7.80. The van der Waals surface area contributed by atoms with E-state index >= 15 is 0 Å². The van der Waals surface area contributed by atoms with Crippen molar-refractivity contribution in [2.75, 3.05) is 0 Å². The fourth-order valence-electron chi connectivity index (χ4n) is 4.81. The third kappa shape index (κ3) is 2.81. The van der Waals surface area contributed by atoms with Crippen molar-refractivity contribution in [1.82, 2.24) is 4.98 Å². The van der Waals surface area contributed by atoms with Crippen LogP contribution in [0.25, 0.3) is 53.2 Å². The topological polar surface area (TPSA) is 26.0 Å². The Morgan fingerprint density at radius 1 is 0.844 bits per heavy atom. The second kappa shape index (κ2) is 6.66. The van der Waals surface area contributed by atoms with Crippen molar-refractivity contribution in [1.29, 1.82) is 0 Å². The van der Waals surface area contributed by atoms with Crippen molar-refractivity contribution in [3.8, 4) is 11.3 Å². The van der Waals surface area contributed by atoms with E-state index in [9.17, 15) is 0 Å². The molecule has 0 saturated heterocycles. The molecule has 3 aromatic carbocycles. The number of hydrogen-bond acceptors (Lipinski definition) is 3. The lowest BCUT2D eigenvalue weighted by molar-refractivity contribution is 0.575. The zero-order valence-electron chi connectivity index (χ0n) is 19.0. The Bertz CT molecular complexity index is 1680. The lowest BCUT2D eigenvalue weighted by atomic mass is 9.82. The standard InChI is InChI=1S/C29H25NOS/c1-16-17(2)31-25-15-26-23(14-22(16)25)21-10-11-30-27(28(21)32-26)19-12-18-8-6-7-9-20(18)24(13-19)29(3,4)5/h6-15H,1-5H3. The van der Waals surface area contributed by atoms with Crippen LogP contribution in [0.4, 0.5) is 0 Å². The van der Waals surface area contributed by atoms with Gasteiger partial charge in [0.1, 0.15) is 11.3 Å². The molecule has 0 spiro atoms. The summed E-state index contributed by atoms with van der Waals surface area (Å²) in [6, 6.07) is 19.9. The van der Waals surface area contributed by atoms with Crippen LogP contribution in [0.1, 0.15) is 37.7 Å². The van der Waals surface area contributed by atoms with Crippen molar-refractivity contribution < 1.29 is 4.42 Å². The van der Waals surface area contributed by atoms with Crippen molar-refractivity contribution >= 4 is 53.3 Å². The lowest BCUT2D eigenvalue weighted by Gasteiger charge is -2.22. The summed E-state index contributed by atoms with van der Waals surface area (Å²) in [4.78, 5) is 4.88. The second-order valence-electron chi connectivity index (χ2n) is 9.76. The molecule has 2 nitrogen and oxygen atoms in total. The van der Waals surface area contributed by atoms with Gasteiger partial charge in [-0.2, -0.15) is 0 Å². The van der Waals surface area contributed by atoms with E-state index < -0.39 is 0 Å². The minimum Gasteiger partial charge on any atom is -0.461 e. The number of aryl methyl sites for hydroxylation is 2. The zero-order valence-corrected chi connectivity index (χ0v) is 19.9. The first-order valence-electron chi connectivity index (χ1n) is 11.1. The summed E-state index contributed by atoms with van der Waals surface area (Å²) in [7, 11) is 0. The predicted molar refractivity (Wildman–Crippen MR) is 138 cm³/mol. The summed E-state index contributed by atoms with van der Waals surface area (Å²) < 4.78 is 8.49. The van der Waals surface area contributed by atoms with Gasteiger partial charge in [0.15, 0.2) is 0 Å². The van der Waals surface area contributed by atoms with E-state index in [2.05, 4.69) is 82.3 Å². The smallest absolute Gasteiger partial charge is 0.135 e. The maximum absolute atomic E-state index is 6.01. The molecule has 32 heavy (non-hydrogen) atoms. The number of benzene rings is 3. The molecule has 0 N–H and O–H groups in total. The molecule has 158 valence electrons. The number of furan rings is 1. The van der Waals surface area contributed by atoms with Gasteiger partial charge in [-0.3, -0.25) is 4.98 Å². The first kappa shape index (κ1) is 19.5. The van der Waals surface area contributed by atoms with E-state index in [0.717, 1.165) is 17.0 Å². The number of thiophene rings is 1. The number of pyridine rings is 1. The Kier molecular flexibility index (Phi) is 4.06. The summed E-state index contributed by atoms with van der Waals surface area (Å²) >= 11 is 1.81. The van der Waals surface area contributed by atoms with Crippen LogP contribution in [0.15, 0.2) is 65.2 Å². The van der Waals surface area contributed by atoms with Crippen LogP contribution in [0.5, 0.6) is 0 Å². The van der Waals surface area contributed by atoms with Gasteiger partial charge in [0.05, 0.1) is 10.4 Å². The number of hydrogen-bond donors (Lipinski definition) is 0. The van der Waals surface area contributed by atoms with Crippen LogP contribution in [0, 0.1) is 13.8 Å². The molecule has 3 heterocycles. The van der Waals surface area contributed by atoms with Gasteiger partial charge in [0.2, 0.25) is 0 Å². The summed E-state index contributed by atoms with van der Waals surface area (Å²) in [6.45, 7) is 11.0. The summed E-state index contributed by atoms with van der Waals surface area (Å²) in [5.41, 5.74) is 5.83. The monoisotopic (exact) mass is 435 g/mol. The fraction of sp³-hybridized carbons (Fsp3) is 0.207. The minimum atomic E-state index is 0.0452. The van der Waals surface area contributed by atoms with Gasteiger partial charge in [-0.05, 0) is 71.5 Å². The number of nitrogens with zero attached hydrogens (tertiary/aromatic N) is 1. The van der Waals surface area contributed by atoms with Crippen LogP contribution in [-0.2, 0) is 5.41 Å². The summed E-state index contributed by atoms with van der Waals surface area (Å²) in [5.74, 6) is 0.996. The molecular weight excluding hydrogens is 410 g/mol. The Labute approximate surface area is 191 Å². The molecular formula is C29H25NOS. The van der Waals surface area contributed by atoms with E-state index in [1.54, 1.807) is 0 Å². The number of rotatable bonds is 1. The van der Waals surface area contributed by atoms with E-state index in [1.807, 2.05) is 24.5 Å².